The van der Waals surface area contributed by atoms with Gasteiger partial charge in [-0.15, -0.1) is 22.7 Å². The van der Waals surface area contributed by atoms with E-state index >= 15 is 0 Å². The van der Waals surface area contributed by atoms with Crippen LogP contribution in [0.4, 0.5) is 10.8 Å². The Bertz CT molecular complexity index is 937. The first kappa shape index (κ1) is 21.0. The van der Waals surface area contributed by atoms with Crippen molar-refractivity contribution in [3.63, 3.8) is 0 Å². The first-order valence-corrected chi connectivity index (χ1v) is 11.4. The third kappa shape index (κ3) is 5.00. The summed E-state index contributed by atoms with van der Waals surface area (Å²) >= 11 is 9.17. The Morgan fingerprint density at radius 3 is 2.57 bits per heavy atom. The van der Waals surface area contributed by atoms with Gasteiger partial charge >= 0.3 is 0 Å². The molecule has 0 unspecified atom stereocenters. The van der Waals surface area contributed by atoms with E-state index in [9.17, 15) is 4.79 Å². The lowest BCUT2D eigenvalue weighted by atomic mass is 10.1. The molecule has 28 heavy (non-hydrogen) atoms. The number of aromatic nitrogens is 1. The molecule has 0 aliphatic rings. The van der Waals surface area contributed by atoms with Gasteiger partial charge in [0.1, 0.15) is 0 Å². The van der Waals surface area contributed by atoms with Crippen molar-refractivity contribution in [3.05, 3.63) is 62.2 Å². The van der Waals surface area contributed by atoms with Gasteiger partial charge in [-0.3, -0.25) is 14.6 Å². The monoisotopic (exact) mass is 433 g/mol. The molecule has 0 atom stereocenters. The topological polar surface area (TPSA) is 36.4 Å². The second-order valence-electron chi connectivity index (χ2n) is 6.47. The summed E-state index contributed by atoms with van der Waals surface area (Å²) in [7, 11) is 0. The molecule has 0 fully saturated rings. The van der Waals surface area contributed by atoms with Crippen LogP contribution in [-0.4, -0.2) is 22.3 Å². The van der Waals surface area contributed by atoms with Crippen LogP contribution in [0.1, 0.15) is 36.9 Å². The summed E-state index contributed by atoms with van der Waals surface area (Å²) in [5.41, 5.74) is 3.03. The fourth-order valence-electron chi connectivity index (χ4n) is 3.07. The van der Waals surface area contributed by atoms with Crippen LogP contribution in [0.5, 0.6) is 0 Å². The third-order valence-electron chi connectivity index (χ3n) is 4.50. The SMILES string of the molecule is CCc1ccccc1N(C(C)=O)c1nc(CN(CC)Cc2ccc(Cl)s2)cs1. The quantitative estimate of drug-likeness (QED) is 0.429. The predicted molar refractivity (Wildman–Crippen MR) is 120 cm³/mol. The van der Waals surface area contributed by atoms with Crippen molar-refractivity contribution in [2.24, 2.45) is 0 Å². The number of para-hydroxylation sites is 1. The molecule has 2 heterocycles. The van der Waals surface area contributed by atoms with Crippen molar-refractivity contribution >= 4 is 51.0 Å². The van der Waals surface area contributed by atoms with E-state index in [1.54, 1.807) is 23.2 Å². The molecule has 0 N–H and O–H groups in total. The maximum atomic E-state index is 12.4. The predicted octanol–water partition coefficient (Wildman–Crippen LogP) is 6.13. The van der Waals surface area contributed by atoms with Crippen LogP contribution >= 0.6 is 34.3 Å². The molecule has 0 bridgehead atoms. The number of thiophene rings is 1. The molecule has 3 aromatic rings. The van der Waals surface area contributed by atoms with Gasteiger partial charge in [0.25, 0.3) is 0 Å². The minimum Gasteiger partial charge on any atom is -0.293 e. The standard InChI is InChI=1S/C21H24ClN3OS2/c1-4-16-8-6-7-9-19(16)25(15(3)26)21-23-17(14-27-21)12-24(5-2)13-18-10-11-20(22)28-18/h6-11,14H,4-5,12-13H2,1-3H3. The van der Waals surface area contributed by atoms with Gasteiger partial charge in [-0.05, 0) is 36.7 Å². The summed E-state index contributed by atoms with van der Waals surface area (Å²) < 4.78 is 0.814. The maximum absolute atomic E-state index is 12.4. The summed E-state index contributed by atoms with van der Waals surface area (Å²) in [6, 6.07) is 12.0. The van der Waals surface area contributed by atoms with E-state index in [4.69, 9.17) is 16.6 Å². The molecule has 2 aromatic heterocycles. The number of anilines is 2. The minimum absolute atomic E-state index is 0.0256. The van der Waals surface area contributed by atoms with E-state index in [2.05, 4.69) is 30.9 Å². The molecule has 7 heteroatoms. The van der Waals surface area contributed by atoms with Gasteiger partial charge in [0.05, 0.1) is 15.7 Å². The fourth-order valence-corrected chi connectivity index (χ4v) is 5.07. The van der Waals surface area contributed by atoms with Crippen LogP contribution in [-0.2, 0) is 24.3 Å². The van der Waals surface area contributed by atoms with Crippen molar-refractivity contribution in [1.29, 1.82) is 0 Å². The van der Waals surface area contributed by atoms with Crippen LogP contribution in [0.3, 0.4) is 0 Å². The average Bonchev–Trinajstić information content (AvgIpc) is 3.30. The van der Waals surface area contributed by atoms with E-state index in [0.717, 1.165) is 52.5 Å². The molecule has 148 valence electrons. The molecule has 0 saturated heterocycles. The highest BCUT2D eigenvalue weighted by Crippen LogP contribution is 2.32. The number of hydrogen-bond donors (Lipinski definition) is 0. The Hall–Kier alpha value is -1.73. The van der Waals surface area contributed by atoms with E-state index in [0.29, 0.717) is 0 Å². The van der Waals surface area contributed by atoms with Crippen molar-refractivity contribution < 1.29 is 4.79 Å². The van der Waals surface area contributed by atoms with Crippen molar-refractivity contribution in [3.8, 4) is 0 Å². The number of rotatable bonds is 8. The lowest BCUT2D eigenvalue weighted by Crippen LogP contribution is -2.24. The second kappa shape index (κ2) is 9.65. The highest BCUT2D eigenvalue weighted by Gasteiger charge is 2.20. The van der Waals surface area contributed by atoms with Crippen LogP contribution in [0.25, 0.3) is 0 Å². The van der Waals surface area contributed by atoms with E-state index in [1.807, 2.05) is 29.6 Å². The van der Waals surface area contributed by atoms with Crippen molar-refractivity contribution in [2.45, 2.75) is 40.3 Å². The smallest absolute Gasteiger partial charge is 0.230 e. The van der Waals surface area contributed by atoms with Gasteiger partial charge in [0, 0.05) is 30.3 Å². The number of carbonyl (C=O) groups excluding carboxylic acids is 1. The van der Waals surface area contributed by atoms with Gasteiger partial charge in [-0.25, -0.2) is 4.98 Å². The van der Waals surface area contributed by atoms with Gasteiger partial charge in [0.15, 0.2) is 5.13 Å². The number of amides is 1. The van der Waals surface area contributed by atoms with Gasteiger partial charge in [0.2, 0.25) is 5.91 Å². The Kier molecular flexibility index (Phi) is 7.24. The number of thiazole rings is 1. The lowest BCUT2D eigenvalue weighted by Gasteiger charge is -2.21. The van der Waals surface area contributed by atoms with Crippen LogP contribution in [0.15, 0.2) is 41.8 Å². The summed E-state index contributed by atoms with van der Waals surface area (Å²) in [4.78, 5) is 22.5. The Morgan fingerprint density at radius 1 is 1.14 bits per heavy atom. The van der Waals surface area contributed by atoms with Crippen LogP contribution in [0.2, 0.25) is 4.34 Å². The lowest BCUT2D eigenvalue weighted by molar-refractivity contribution is -0.115. The molecule has 0 saturated carbocycles. The summed E-state index contributed by atoms with van der Waals surface area (Å²) in [6.45, 7) is 8.33. The summed E-state index contributed by atoms with van der Waals surface area (Å²) in [5, 5.41) is 2.77. The molecule has 0 spiro atoms. The maximum Gasteiger partial charge on any atom is 0.230 e. The number of carbonyl (C=O) groups is 1. The second-order valence-corrected chi connectivity index (χ2v) is 9.10. The van der Waals surface area contributed by atoms with Crippen LogP contribution < -0.4 is 4.90 Å². The zero-order valence-electron chi connectivity index (χ0n) is 16.3. The summed E-state index contributed by atoms with van der Waals surface area (Å²) in [6.07, 6.45) is 0.866. The average molecular weight is 434 g/mol. The first-order chi connectivity index (χ1) is 13.5. The summed E-state index contributed by atoms with van der Waals surface area (Å²) in [5.74, 6) is -0.0256. The van der Waals surface area contributed by atoms with E-state index < -0.39 is 0 Å². The number of benzene rings is 1. The van der Waals surface area contributed by atoms with E-state index in [1.165, 1.54) is 16.2 Å². The largest absolute Gasteiger partial charge is 0.293 e. The molecule has 3 rings (SSSR count). The molecule has 0 aliphatic carbocycles. The molecule has 4 nitrogen and oxygen atoms in total. The Morgan fingerprint density at radius 2 is 1.93 bits per heavy atom. The molecular weight excluding hydrogens is 410 g/mol. The Balaban J connectivity index is 1.79. The molecule has 1 amide bonds. The molecule has 1 aromatic carbocycles. The first-order valence-electron chi connectivity index (χ1n) is 9.31. The zero-order valence-corrected chi connectivity index (χ0v) is 18.7. The van der Waals surface area contributed by atoms with Crippen molar-refractivity contribution in [2.75, 3.05) is 11.4 Å². The fraction of sp³-hybridized carbons (Fsp3) is 0.333. The Labute approximate surface area is 179 Å². The molecular formula is C21H24ClN3OS2. The van der Waals surface area contributed by atoms with Crippen LogP contribution in [0, 0.1) is 0 Å². The zero-order chi connectivity index (χ0) is 20.1. The van der Waals surface area contributed by atoms with Gasteiger partial charge < -0.3 is 0 Å². The molecule has 0 radical (unpaired) electrons. The molecule has 0 aliphatic heterocycles. The third-order valence-corrected chi connectivity index (χ3v) is 6.59. The van der Waals surface area contributed by atoms with E-state index in [-0.39, 0.29) is 5.91 Å². The number of aryl methyl sites for hydroxylation is 1. The van der Waals surface area contributed by atoms with Gasteiger partial charge in [-0.2, -0.15) is 0 Å². The van der Waals surface area contributed by atoms with Crippen molar-refractivity contribution in [1.82, 2.24) is 9.88 Å². The minimum atomic E-state index is -0.0256. The number of hydrogen-bond acceptors (Lipinski definition) is 5. The van der Waals surface area contributed by atoms with Gasteiger partial charge in [-0.1, -0.05) is 43.6 Å². The highest BCUT2D eigenvalue weighted by atomic mass is 35.5. The normalized spacial score (nSPS) is 11.2. The number of halogens is 1. The number of nitrogens with zero attached hydrogens (tertiary/aromatic N) is 3. The highest BCUT2D eigenvalue weighted by molar-refractivity contribution is 7.16.